The molecular weight excluding hydrogens is 358 g/mol. The second-order valence-electron chi connectivity index (χ2n) is 6.74. The van der Waals surface area contributed by atoms with E-state index < -0.39 is 0 Å². The van der Waals surface area contributed by atoms with E-state index >= 15 is 0 Å². The van der Waals surface area contributed by atoms with E-state index in [1.807, 2.05) is 65.0 Å². The first kappa shape index (κ1) is 16.3. The van der Waals surface area contributed by atoms with Gasteiger partial charge in [0.1, 0.15) is 11.5 Å². The maximum absolute atomic E-state index is 13.5. The molecule has 0 unspecified atom stereocenters. The van der Waals surface area contributed by atoms with Crippen molar-refractivity contribution in [2.75, 3.05) is 31.1 Å². The van der Waals surface area contributed by atoms with Crippen LogP contribution in [0, 0.1) is 0 Å². The number of anilines is 1. The zero-order chi connectivity index (χ0) is 18.2. The first-order chi connectivity index (χ1) is 13.3. The van der Waals surface area contributed by atoms with Crippen LogP contribution in [0.25, 0.3) is 0 Å². The Morgan fingerprint density at radius 3 is 2.19 bits per heavy atom. The first-order valence-electron chi connectivity index (χ1n) is 9.10. The van der Waals surface area contributed by atoms with Gasteiger partial charge in [0.2, 0.25) is 5.91 Å². The molecule has 0 spiro atoms. The molecule has 0 radical (unpaired) electrons. The Morgan fingerprint density at radius 1 is 0.963 bits per heavy atom. The Bertz CT molecular complexity index is 920. The minimum Gasteiger partial charge on any atom is -0.457 e. The summed E-state index contributed by atoms with van der Waals surface area (Å²) in [5, 5.41) is 3.02. The number of hydrogen-bond acceptors (Lipinski definition) is 5. The number of para-hydroxylation sites is 2. The molecule has 0 bridgehead atoms. The van der Waals surface area contributed by atoms with Crippen LogP contribution in [0.5, 0.6) is 11.5 Å². The van der Waals surface area contributed by atoms with Crippen LogP contribution in [0.4, 0.5) is 5.13 Å². The topological polar surface area (TPSA) is 45.7 Å². The molecule has 136 valence electrons. The minimum absolute atomic E-state index is 0.150. The van der Waals surface area contributed by atoms with Crippen molar-refractivity contribution in [1.82, 2.24) is 9.88 Å². The molecule has 0 atom stereocenters. The summed E-state index contributed by atoms with van der Waals surface area (Å²) in [5.74, 6) is 1.39. The Morgan fingerprint density at radius 2 is 1.59 bits per heavy atom. The van der Waals surface area contributed by atoms with Crippen LogP contribution in [0.3, 0.4) is 0 Å². The number of carbonyl (C=O) groups excluding carboxylic acids is 1. The monoisotopic (exact) mass is 377 g/mol. The Labute approximate surface area is 161 Å². The molecule has 2 aliphatic heterocycles. The fourth-order valence-corrected chi connectivity index (χ4v) is 4.55. The number of piperazine rings is 1. The predicted octanol–water partition coefficient (Wildman–Crippen LogP) is 3.73. The van der Waals surface area contributed by atoms with E-state index in [2.05, 4.69) is 9.88 Å². The molecule has 0 aliphatic carbocycles. The summed E-state index contributed by atoms with van der Waals surface area (Å²) < 4.78 is 6.03. The molecule has 0 N–H and O–H groups in total. The van der Waals surface area contributed by atoms with Gasteiger partial charge in [0.25, 0.3) is 0 Å². The van der Waals surface area contributed by atoms with Gasteiger partial charge in [-0.25, -0.2) is 4.98 Å². The smallest absolute Gasteiger partial charge is 0.234 e. The van der Waals surface area contributed by atoms with E-state index in [-0.39, 0.29) is 11.8 Å². The standard InChI is InChI=1S/C21H19N3O2S/c25-20(23-10-12-24(13-11-23)21-22-9-14-27-21)19-15-5-1-3-7-17(15)26-18-8-4-2-6-16(18)19/h1-9,14,19H,10-13H2. The van der Waals surface area contributed by atoms with Crippen molar-refractivity contribution in [3.63, 3.8) is 0 Å². The van der Waals surface area contributed by atoms with E-state index in [9.17, 15) is 4.79 Å². The molecule has 3 aromatic rings. The highest BCUT2D eigenvalue weighted by molar-refractivity contribution is 7.13. The molecule has 1 saturated heterocycles. The van der Waals surface area contributed by atoms with E-state index in [0.29, 0.717) is 13.1 Å². The molecule has 3 heterocycles. The SMILES string of the molecule is O=C(C1c2ccccc2Oc2ccccc21)N1CCN(c2nccs2)CC1. The van der Waals surface area contributed by atoms with Crippen molar-refractivity contribution >= 4 is 22.4 Å². The lowest BCUT2D eigenvalue weighted by Gasteiger charge is -2.37. The van der Waals surface area contributed by atoms with Gasteiger partial charge in [-0.05, 0) is 12.1 Å². The first-order valence-corrected chi connectivity index (χ1v) is 9.98. The maximum atomic E-state index is 13.5. The molecular formula is C21H19N3O2S. The lowest BCUT2D eigenvalue weighted by atomic mass is 9.86. The van der Waals surface area contributed by atoms with E-state index in [1.165, 1.54) is 0 Å². The van der Waals surface area contributed by atoms with E-state index in [4.69, 9.17) is 4.74 Å². The highest BCUT2D eigenvalue weighted by Gasteiger charge is 2.36. The molecule has 5 rings (SSSR count). The van der Waals surface area contributed by atoms with Crippen molar-refractivity contribution in [3.8, 4) is 11.5 Å². The summed E-state index contributed by atoms with van der Waals surface area (Å²) in [6.07, 6.45) is 1.83. The fourth-order valence-electron chi connectivity index (χ4n) is 3.85. The van der Waals surface area contributed by atoms with Crippen LogP contribution in [-0.2, 0) is 4.79 Å². The molecule has 1 fully saturated rings. The molecule has 5 nitrogen and oxygen atoms in total. The van der Waals surface area contributed by atoms with Crippen molar-refractivity contribution in [2.45, 2.75) is 5.92 Å². The van der Waals surface area contributed by atoms with Crippen LogP contribution in [-0.4, -0.2) is 42.0 Å². The van der Waals surface area contributed by atoms with Gasteiger partial charge in [-0.1, -0.05) is 36.4 Å². The van der Waals surface area contributed by atoms with E-state index in [0.717, 1.165) is 40.8 Å². The maximum Gasteiger partial charge on any atom is 0.234 e. The van der Waals surface area contributed by atoms with Crippen LogP contribution in [0.15, 0.2) is 60.1 Å². The number of fused-ring (bicyclic) bond motifs is 2. The van der Waals surface area contributed by atoms with Crippen LogP contribution < -0.4 is 9.64 Å². The quantitative estimate of drug-likeness (QED) is 0.683. The third-order valence-electron chi connectivity index (χ3n) is 5.21. The van der Waals surface area contributed by atoms with Crippen molar-refractivity contribution in [2.24, 2.45) is 0 Å². The Balaban J connectivity index is 1.42. The minimum atomic E-state index is -0.308. The van der Waals surface area contributed by atoms with Gasteiger partial charge in [0, 0.05) is 48.9 Å². The second-order valence-corrected chi connectivity index (χ2v) is 7.61. The number of rotatable bonds is 2. The number of hydrogen-bond donors (Lipinski definition) is 0. The number of carbonyl (C=O) groups is 1. The summed E-state index contributed by atoms with van der Waals surface area (Å²) >= 11 is 1.64. The largest absolute Gasteiger partial charge is 0.457 e. The summed E-state index contributed by atoms with van der Waals surface area (Å²) in [7, 11) is 0. The molecule has 2 aliphatic rings. The normalized spacial score (nSPS) is 16.4. The van der Waals surface area contributed by atoms with Crippen molar-refractivity contribution in [3.05, 3.63) is 71.2 Å². The highest BCUT2D eigenvalue weighted by Crippen LogP contribution is 2.44. The summed E-state index contributed by atoms with van der Waals surface area (Å²) in [5.41, 5.74) is 1.90. The number of amides is 1. The third kappa shape index (κ3) is 2.86. The van der Waals surface area contributed by atoms with Gasteiger partial charge in [-0.2, -0.15) is 0 Å². The molecule has 27 heavy (non-hydrogen) atoms. The van der Waals surface area contributed by atoms with Gasteiger partial charge in [-0.3, -0.25) is 4.79 Å². The lowest BCUT2D eigenvalue weighted by molar-refractivity contribution is -0.132. The average Bonchev–Trinajstić information content (AvgIpc) is 3.26. The van der Waals surface area contributed by atoms with Crippen molar-refractivity contribution in [1.29, 1.82) is 0 Å². The molecule has 1 aromatic heterocycles. The van der Waals surface area contributed by atoms with Crippen LogP contribution in [0.2, 0.25) is 0 Å². The predicted molar refractivity (Wildman–Crippen MR) is 106 cm³/mol. The van der Waals surface area contributed by atoms with Gasteiger partial charge in [0.15, 0.2) is 5.13 Å². The summed E-state index contributed by atoms with van der Waals surface area (Å²) in [4.78, 5) is 22.1. The van der Waals surface area contributed by atoms with Gasteiger partial charge < -0.3 is 14.5 Å². The zero-order valence-electron chi connectivity index (χ0n) is 14.7. The van der Waals surface area contributed by atoms with Gasteiger partial charge in [0.05, 0.1) is 5.92 Å². The second kappa shape index (κ2) is 6.70. The third-order valence-corrected chi connectivity index (χ3v) is 6.04. The van der Waals surface area contributed by atoms with Crippen LogP contribution >= 0.6 is 11.3 Å². The van der Waals surface area contributed by atoms with Crippen molar-refractivity contribution < 1.29 is 9.53 Å². The van der Waals surface area contributed by atoms with Crippen LogP contribution in [0.1, 0.15) is 17.0 Å². The highest BCUT2D eigenvalue weighted by atomic mass is 32.1. The summed E-state index contributed by atoms with van der Waals surface area (Å²) in [6.45, 7) is 3.04. The summed E-state index contributed by atoms with van der Waals surface area (Å²) in [6, 6.07) is 15.7. The lowest BCUT2D eigenvalue weighted by Crippen LogP contribution is -2.50. The number of thiazole rings is 1. The number of aromatic nitrogens is 1. The zero-order valence-corrected chi connectivity index (χ0v) is 15.6. The van der Waals surface area contributed by atoms with Gasteiger partial charge >= 0.3 is 0 Å². The number of nitrogens with zero attached hydrogens (tertiary/aromatic N) is 3. The Kier molecular flexibility index (Phi) is 4.05. The molecule has 1 amide bonds. The number of benzene rings is 2. The molecule has 2 aromatic carbocycles. The number of ether oxygens (including phenoxy) is 1. The fraction of sp³-hybridized carbons (Fsp3) is 0.238. The average molecular weight is 377 g/mol. The van der Waals surface area contributed by atoms with Gasteiger partial charge in [-0.15, -0.1) is 11.3 Å². The molecule has 0 saturated carbocycles. The van der Waals surface area contributed by atoms with E-state index in [1.54, 1.807) is 11.3 Å². The Hall–Kier alpha value is -2.86. The molecule has 6 heteroatoms.